The summed E-state index contributed by atoms with van der Waals surface area (Å²) in [4.78, 5) is 2.07. The van der Waals surface area contributed by atoms with Gasteiger partial charge in [-0.15, -0.1) is 0 Å². The minimum atomic E-state index is -0.389. The van der Waals surface area contributed by atoms with Crippen LogP contribution in [0.25, 0.3) is 0 Å². The fourth-order valence-corrected chi connectivity index (χ4v) is 2.50. The molecular weight excluding hydrogens is 231 g/mol. The molecule has 1 fully saturated rings. The molecule has 0 radical (unpaired) electrons. The molecule has 0 spiro atoms. The van der Waals surface area contributed by atoms with E-state index in [9.17, 15) is 9.50 Å². The topological polar surface area (TPSA) is 47.3 Å². The van der Waals surface area contributed by atoms with Crippen molar-refractivity contribution >= 4 is 5.69 Å². The Labute approximate surface area is 106 Å². The zero-order chi connectivity index (χ0) is 13.1. The van der Waals surface area contributed by atoms with E-state index >= 15 is 0 Å². The molecule has 1 aliphatic heterocycles. The van der Waals surface area contributed by atoms with Crippen LogP contribution < -0.4 is 4.90 Å². The van der Waals surface area contributed by atoms with Crippen molar-refractivity contribution in [1.82, 2.24) is 0 Å². The maximum atomic E-state index is 13.1. The van der Waals surface area contributed by atoms with Crippen molar-refractivity contribution in [2.75, 3.05) is 18.0 Å². The van der Waals surface area contributed by atoms with Gasteiger partial charge in [0.1, 0.15) is 11.9 Å². The highest BCUT2D eigenvalue weighted by atomic mass is 19.1. The largest absolute Gasteiger partial charge is 0.393 e. The maximum absolute atomic E-state index is 13.1. The number of hydrogen-bond acceptors (Lipinski definition) is 3. The summed E-state index contributed by atoms with van der Waals surface area (Å²) in [7, 11) is 0. The van der Waals surface area contributed by atoms with Gasteiger partial charge in [0, 0.05) is 19.0 Å². The lowest BCUT2D eigenvalue weighted by Gasteiger charge is -2.36. The van der Waals surface area contributed by atoms with Crippen LogP contribution in [0.4, 0.5) is 10.1 Å². The van der Waals surface area contributed by atoms with Crippen LogP contribution in [0, 0.1) is 23.1 Å². The predicted octanol–water partition coefficient (Wildman–Crippen LogP) is 2.29. The molecule has 96 valence electrons. The highest BCUT2D eigenvalue weighted by Gasteiger charge is 2.24. The van der Waals surface area contributed by atoms with E-state index in [1.807, 2.05) is 6.07 Å². The molecule has 3 nitrogen and oxygen atoms in total. The van der Waals surface area contributed by atoms with Gasteiger partial charge in [0.2, 0.25) is 0 Å². The molecule has 1 aromatic rings. The van der Waals surface area contributed by atoms with Gasteiger partial charge < -0.3 is 10.0 Å². The molecule has 0 aliphatic carbocycles. The van der Waals surface area contributed by atoms with Gasteiger partial charge in [-0.2, -0.15) is 5.26 Å². The fraction of sp³-hybridized carbons (Fsp3) is 0.500. The Bertz CT molecular complexity index is 467. The molecule has 18 heavy (non-hydrogen) atoms. The van der Waals surface area contributed by atoms with Gasteiger partial charge in [0.25, 0.3) is 0 Å². The molecule has 0 saturated carbocycles. The zero-order valence-electron chi connectivity index (χ0n) is 10.4. The lowest BCUT2D eigenvalue weighted by Crippen LogP contribution is -2.39. The monoisotopic (exact) mass is 248 g/mol. The van der Waals surface area contributed by atoms with Gasteiger partial charge in [-0.1, -0.05) is 0 Å². The Balaban J connectivity index is 2.23. The quantitative estimate of drug-likeness (QED) is 0.873. The van der Waals surface area contributed by atoms with E-state index < -0.39 is 0 Å². The molecule has 0 aromatic heterocycles. The third kappa shape index (κ3) is 2.62. The summed E-state index contributed by atoms with van der Waals surface area (Å²) in [6.45, 7) is 3.37. The van der Waals surface area contributed by atoms with Crippen LogP contribution in [-0.2, 0) is 0 Å². The third-order valence-electron chi connectivity index (χ3n) is 3.56. The molecule has 1 aliphatic rings. The Morgan fingerprint density at radius 3 is 3.00 bits per heavy atom. The molecule has 2 atom stereocenters. The predicted molar refractivity (Wildman–Crippen MR) is 67.7 cm³/mol. The zero-order valence-corrected chi connectivity index (χ0v) is 10.4. The van der Waals surface area contributed by atoms with Gasteiger partial charge in [0.05, 0.1) is 17.4 Å². The number of halogens is 1. The van der Waals surface area contributed by atoms with Crippen molar-refractivity contribution < 1.29 is 9.50 Å². The fourth-order valence-electron chi connectivity index (χ4n) is 2.50. The number of aliphatic hydroxyl groups excluding tert-OH is 1. The van der Waals surface area contributed by atoms with Crippen LogP contribution in [-0.4, -0.2) is 24.3 Å². The van der Waals surface area contributed by atoms with Crippen LogP contribution in [0.2, 0.25) is 0 Å². The SMILES string of the molecule is CC(O)C1CCCN(c2ccc(F)cc2C#N)C1. The van der Waals surface area contributed by atoms with E-state index in [2.05, 4.69) is 4.90 Å². The molecule has 4 heteroatoms. The van der Waals surface area contributed by atoms with Crippen LogP contribution >= 0.6 is 0 Å². The van der Waals surface area contributed by atoms with Crippen molar-refractivity contribution in [3.63, 3.8) is 0 Å². The lowest BCUT2D eigenvalue weighted by atomic mass is 9.92. The third-order valence-corrected chi connectivity index (χ3v) is 3.56. The van der Waals surface area contributed by atoms with Gasteiger partial charge in [-0.05, 0) is 38.0 Å². The normalized spacial score (nSPS) is 21.4. The summed E-state index contributed by atoms with van der Waals surface area (Å²) in [5.41, 5.74) is 1.13. The summed E-state index contributed by atoms with van der Waals surface area (Å²) in [6, 6.07) is 6.33. The first-order valence-electron chi connectivity index (χ1n) is 6.24. The van der Waals surface area contributed by atoms with Crippen molar-refractivity contribution in [2.45, 2.75) is 25.9 Å². The van der Waals surface area contributed by atoms with Crippen molar-refractivity contribution in [2.24, 2.45) is 5.92 Å². The van der Waals surface area contributed by atoms with Crippen molar-refractivity contribution in [3.05, 3.63) is 29.6 Å². The molecule has 2 unspecified atom stereocenters. The second kappa shape index (κ2) is 5.36. The summed E-state index contributed by atoms with van der Waals surface area (Å²) >= 11 is 0. The van der Waals surface area contributed by atoms with Gasteiger partial charge in [-0.25, -0.2) is 4.39 Å². The van der Waals surface area contributed by atoms with Crippen molar-refractivity contribution in [1.29, 1.82) is 5.26 Å². The molecule has 2 rings (SSSR count). The van der Waals surface area contributed by atoms with E-state index in [4.69, 9.17) is 5.26 Å². The maximum Gasteiger partial charge on any atom is 0.124 e. The average molecular weight is 248 g/mol. The molecule has 1 heterocycles. The Hall–Kier alpha value is -1.60. The first kappa shape index (κ1) is 12.8. The minimum absolute atomic E-state index is 0.218. The van der Waals surface area contributed by atoms with Gasteiger partial charge in [0.15, 0.2) is 0 Å². The van der Waals surface area contributed by atoms with E-state index in [-0.39, 0.29) is 17.8 Å². The average Bonchev–Trinajstić information content (AvgIpc) is 2.38. The van der Waals surface area contributed by atoms with Crippen LogP contribution in [0.3, 0.4) is 0 Å². The first-order chi connectivity index (χ1) is 8.61. The van der Waals surface area contributed by atoms with Crippen LogP contribution in [0.1, 0.15) is 25.3 Å². The summed E-state index contributed by atoms with van der Waals surface area (Å²) in [5, 5.41) is 18.7. The molecule has 0 amide bonds. The number of benzene rings is 1. The second-order valence-corrected chi connectivity index (χ2v) is 4.86. The van der Waals surface area contributed by atoms with Crippen molar-refractivity contribution in [3.8, 4) is 6.07 Å². The standard InChI is InChI=1S/C14H17FN2O/c1-10(18)11-3-2-6-17(9-11)14-5-4-13(15)7-12(14)8-16/h4-5,7,10-11,18H,2-3,6,9H2,1H3. The number of piperidine rings is 1. The highest BCUT2D eigenvalue weighted by Crippen LogP contribution is 2.27. The number of hydrogen-bond donors (Lipinski definition) is 1. The number of anilines is 1. The summed E-state index contributed by atoms with van der Waals surface area (Å²) < 4.78 is 13.1. The lowest BCUT2D eigenvalue weighted by molar-refractivity contribution is 0.115. The van der Waals surface area contributed by atoms with E-state index in [1.165, 1.54) is 12.1 Å². The van der Waals surface area contributed by atoms with E-state index in [1.54, 1.807) is 13.0 Å². The smallest absolute Gasteiger partial charge is 0.124 e. The number of aliphatic hydroxyl groups is 1. The number of nitriles is 1. The minimum Gasteiger partial charge on any atom is -0.393 e. The van der Waals surface area contributed by atoms with E-state index in [0.717, 1.165) is 31.6 Å². The van der Waals surface area contributed by atoms with Crippen LogP contribution in [0.5, 0.6) is 0 Å². The second-order valence-electron chi connectivity index (χ2n) is 4.86. The number of rotatable bonds is 2. The highest BCUT2D eigenvalue weighted by molar-refractivity contribution is 5.59. The molecular formula is C14H17FN2O. The van der Waals surface area contributed by atoms with Gasteiger partial charge in [-0.3, -0.25) is 0 Å². The molecule has 1 N–H and O–H groups in total. The van der Waals surface area contributed by atoms with Gasteiger partial charge >= 0.3 is 0 Å². The van der Waals surface area contributed by atoms with E-state index in [0.29, 0.717) is 5.56 Å². The Morgan fingerprint density at radius 1 is 1.56 bits per heavy atom. The summed E-state index contributed by atoms with van der Waals surface area (Å²) in [6.07, 6.45) is 1.63. The Morgan fingerprint density at radius 2 is 2.33 bits per heavy atom. The summed E-state index contributed by atoms with van der Waals surface area (Å²) in [5.74, 6) is -0.172. The molecule has 1 saturated heterocycles. The Kier molecular flexibility index (Phi) is 3.83. The number of nitrogens with zero attached hydrogens (tertiary/aromatic N) is 2. The molecule has 0 bridgehead atoms. The van der Waals surface area contributed by atoms with Crippen LogP contribution in [0.15, 0.2) is 18.2 Å². The first-order valence-corrected chi connectivity index (χ1v) is 6.24. The molecule has 1 aromatic carbocycles.